The van der Waals surface area contributed by atoms with Crippen LogP contribution in [0.1, 0.15) is 24.5 Å². The lowest BCUT2D eigenvalue weighted by molar-refractivity contribution is -0.142. The molecule has 0 bridgehead atoms. The number of hydrogen-bond acceptors (Lipinski definition) is 3. The maximum atomic E-state index is 13.4. The smallest absolute Gasteiger partial charge is 0.323 e. The second kappa shape index (κ2) is 4.85. The number of hydrogen-bond donors (Lipinski definition) is 3. The Morgan fingerprint density at radius 2 is 2.06 bits per heavy atom. The fraction of sp³-hybridized carbons (Fsp3) is 0.364. The normalized spacial score (nSPS) is 14.6. The van der Waals surface area contributed by atoms with Gasteiger partial charge in [0, 0.05) is 6.42 Å². The SMILES string of the molecule is C[C@](N)(Cc1ccc(O)c(F)c1C(F)F)C(=O)O. The minimum absolute atomic E-state index is 0.243. The molecule has 4 N–H and O–H groups in total. The van der Waals surface area contributed by atoms with Crippen LogP contribution < -0.4 is 5.73 Å². The molecule has 0 aliphatic heterocycles. The zero-order chi connectivity index (χ0) is 14.1. The highest BCUT2D eigenvalue weighted by Crippen LogP contribution is 2.32. The third-order valence-electron chi connectivity index (χ3n) is 2.51. The number of phenolic OH excluding ortho intramolecular Hbond substituents is 1. The molecule has 0 aliphatic rings. The van der Waals surface area contributed by atoms with Crippen LogP contribution in [-0.2, 0) is 11.2 Å². The molecule has 7 heteroatoms. The van der Waals surface area contributed by atoms with Crippen LogP contribution >= 0.6 is 0 Å². The summed E-state index contributed by atoms with van der Waals surface area (Å²) in [6.45, 7) is 1.13. The monoisotopic (exact) mass is 263 g/mol. The highest BCUT2D eigenvalue weighted by atomic mass is 19.3. The van der Waals surface area contributed by atoms with Crippen LogP contribution in [0, 0.1) is 5.82 Å². The first-order valence-corrected chi connectivity index (χ1v) is 4.97. The second-order valence-corrected chi connectivity index (χ2v) is 4.17. The van der Waals surface area contributed by atoms with Crippen molar-refractivity contribution < 1.29 is 28.2 Å². The van der Waals surface area contributed by atoms with Gasteiger partial charge in [0.15, 0.2) is 11.6 Å². The highest BCUT2D eigenvalue weighted by molar-refractivity contribution is 5.78. The van der Waals surface area contributed by atoms with Crippen molar-refractivity contribution in [3.63, 3.8) is 0 Å². The van der Waals surface area contributed by atoms with Crippen LogP contribution in [-0.4, -0.2) is 21.7 Å². The van der Waals surface area contributed by atoms with Gasteiger partial charge in [-0.2, -0.15) is 0 Å². The molecule has 0 amide bonds. The predicted molar refractivity (Wildman–Crippen MR) is 57.0 cm³/mol. The van der Waals surface area contributed by atoms with E-state index < -0.39 is 41.5 Å². The van der Waals surface area contributed by atoms with Gasteiger partial charge in [-0.3, -0.25) is 4.79 Å². The Kier molecular flexibility index (Phi) is 3.85. The third-order valence-corrected chi connectivity index (χ3v) is 2.51. The Hall–Kier alpha value is -1.76. The summed E-state index contributed by atoms with van der Waals surface area (Å²) in [5.41, 5.74) is 2.36. The van der Waals surface area contributed by atoms with Gasteiger partial charge < -0.3 is 15.9 Å². The first-order valence-electron chi connectivity index (χ1n) is 4.97. The van der Waals surface area contributed by atoms with Gasteiger partial charge in [-0.25, -0.2) is 13.2 Å². The van der Waals surface area contributed by atoms with Crippen LogP contribution in [0.4, 0.5) is 13.2 Å². The molecule has 1 aromatic carbocycles. The molecule has 0 unspecified atom stereocenters. The van der Waals surface area contributed by atoms with Crippen molar-refractivity contribution in [2.75, 3.05) is 0 Å². The summed E-state index contributed by atoms with van der Waals surface area (Å²) in [5.74, 6) is -3.76. The third kappa shape index (κ3) is 2.73. The number of carbonyl (C=O) groups is 1. The second-order valence-electron chi connectivity index (χ2n) is 4.17. The van der Waals surface area contributed by atoms with Crippen LogP contribution in [0.15, 0.2) is 12.1 Å². The standard InChI is InChI=1S/C11H12F3NO3/c1-11(15,10(17)18)4-5-2-3-6(16)8(12)7(5)9(13)14/h2-3,9,16H,4,15H2,1H3,(H,17,18)/t11-/m0/s1. The van der Waals surface area contributed by atoms with Gasteiger partial charge in [0.1, 0.15) is 5.54 Å². The van der Waals surface area contributed by atoms with Crippen molar-refractivity contribution in [1.29, 1.82) is 0 Å². The summed E-state index contributed by atoms with van der Waals surface area (Å²) in [7, 11) is 0. The molecule has 0 saturated heterocycles. The average molecular weight is 263 g/mol. The Morgan fingerprint density at radius 1 is 1.50 bits per heavy atom. The van der Waals surface area contributed by atoms with Crippen LogP contribution in [0.5, 0.6) is 5.75 Å². The number of alkyl halides is 2. The Labute approximate surface area is 101 Å². The summed E-state index contributed by atoms with van der Waals surface area (Å²) >= 11 is 0. The number of aliphatic carboxylic acids is 1. The van der Waals surface area contributed by atoms with E-state index in [-0.39, 0.29) is 5.56 Å². The average Bonchev–Trinajstić information content (AvgIpc) is 2.22. The van der Waals surface area contributed by atoms with Crippen LogP contribution in [0.25, 0.3) is 0 Å². The molecule has 0 aromatic heterocycles. The molecular formula is C11H12F3NO3. The van der Waals surface area contributed by atoms with Crippen molar-refractivity contribution >= 4 is 5.97 Å². The fourth-order valence-corrected chi connectivity index (χ4v) is 1.48. The number of carboxylic acid groups (broad SMARTS) is 1. The quantitative estimate of drug-likeness (QED) is 0.773. The van der Waals surface area contributed by atoms with E-state index in [1.54, 1.807) is 0 Å². The van der Waals surface area contributed by atoms with E-state index in [2.05, 4.69) is 0 Å². The molecule has 4 nitrogen and oxygen atoms in total. The number of phenols is 1. The van der Waals surface area contributed by atoms with Crippen molar-refractivity contribution in [2.24, 2.45) is 5.73 Å². The van der Waals surface area contributed by atoms with E-state index in [0.29, 0.717) is 0 Å². The van der Waals surface area contributed by atoms with Crippen LogP contribution in [0.2, 0.25) is 0 Å². The van der Waals surface area contributed by atoms with Crippen molar-refractivity contribution in [3.05, 3.63) is 29.1 Å². The molecule has 0 fully saturated rings. The first-order chi connectivity index (χ1) is 8.16. The zero-order valence-corrected chi connectivity index (χ0v) is 9.45. The number of halogens is 3. The van der Waals surface area contributed by atoms with E-state index >= 15 is 0 Å². The van der Waals surface area contributed by atoms with Gasteiger partial charge in [0.05, 0.1) is 5.56 Å². The summed E-state index contributed by atoms with van der Waals surface area (Å²) in [6.07, 6.45) is -3.64. The lowest BCUT2D eigenvalue weighted by Gasteiger charge is -2.21. The maximum Gasteiger partial charge on any atom is 0.323 e. The first kappa shape index (κ1) is 14.3. The number of rotatable bonds is 4. The van der Waals surface area contributed by atoms with Crippen molar-refractivity contribution in [3.8, 4) is 5.75 Å². The minimum atomic E-state index is -3.17. The lowest BCUT2D eigenvalue weighted by atomic mass is 9.91. The Balaban J connectivity index is 3.26. The van der Waals surface area contributed by atoms with Gasteiger partial charge in [-0.15, -0.1) is 0 Å². The number of nitrogens with two attached hydrogens (primary N) is 1. The van der Waals surface area contributed by atoms with Crippen molar-refractivity contribution in [2.45, 2.75) is 25.3 Å². The molecule has 0 heterocycles. The summed E-state index contributed by atoms with van der Waals surface area (Å²) < 4.78 is 38.8. The van der Waals surface area contributed by atoms with E-state index in [9.17, 15) is 18.0 Å². The summed E-state index contributed by atoms with van der Waals surface area (Å²) in [5, 5.41) is 17.8. The molecule has 1 aromatic rings. The molecule has 1 atom stereocenters. The molecule has 0 saturated carbocycles. The number of benzene rings is 1. The lowest BCUT2D eigenvalue weighted by Crippen LogP contribution is -2.47. The van der Waals surface area contributed by atoms with Gasteiger partial charge in [0.2, 0.25) is 0 Å². The molecule has 0 spiro atoms. The highest BCUT2D eigenvalue weighted by Gasteiger charge is 2.31. The van der Waals surface area contributed by atoms with E-state index in [4.69, 9.17) is 15.9 Å². The number of aromatic hydroxyl groups is 1. The van der Waals surface area contributed by atoms with E-state index in [1.807, 2.05) is 0 Å². The van der Waals surface area contributed by atoms with Gasteiger partial charge in [-0.1, -0.05) is 6.07 Å². The van der Waals surface area contributed by atoms with Gasteiger partial charge in [0.25, 0.3) is 6.43 Å². The molecule has 1 rings (SSSR count). The fourth-order valence-electron chi connectivity index (χ4n) is 1.48. The summed E-state index contributed by atoms with van der Waals surface area (Å²) in [4.78, 5) is 10.8. The molecular weight excluding hydrogens is 251 g/mol. The number of carboxylic acids is 1. The topological polar surface area (TPSA) is 83.5 Å². The Bertz CT molecular complexity index is 475. The maximum absolute atomic E-state index is 13.4. The van der Waals surface area contributed by atoms with Crippen LogP contribution in [0.3, 0.4) is 0 Å². The molecule has 0 aliphatic carbocycles. The van der Waals surface area contributed by atoms with Gasteiger partial charge in [-0.05, 0) is 18.6 Å². The van der Waals surface area contributed by atoms with E-state index in [1.165, 1.54) is 0 Å². The van der Waals surface area contributed by atoms with E-state index in [0.717, 1.165) is 19.1 Å². The summed E-state index contributed by atoms with van der Waals surface area (Å²) in [6, 6.07) is 1.92. The van der Waals surface area contributed by atoms with Crippen molar-refractivity contribution in [1.82, 2.24) is 0 Å². The largest absolute Gasteiger partial charge is 0.505 e. The Morgan fingerprint density at radius 3 is 2.50 bits per heavy atom. The zero-order valence-electron chi connectivity index (χ0n) is 9.45. The molecule has 100 valence electrons. The molecule has 0 radical (unpaired) electrons. The van der Waals surface area contributed by atoms with Gasteiger partial charge >= 0.3 is 5.97 Å². The minimum Gasteiger partial charge on any atom is -0.505 e. The molecule has 18 heavy (non-hydrogen) atoms. The predicted octanol–water partition coefficient (Wildman–Crippen LogP) is 1.81.